The fourth-order valence-electron chi connectivity index (χ4n) is 1.90. The van der Waals surface area contributed by atoms with Crippen LogP contribution in [-0.4, -0.2) is 38.9 Å². The van der Waals surface area contributed by atoms with Crippen molar-refractivity contribution in [1.82, 2.24) is 4.72 Å². The van der Waals surface area contributed by atoms with Crippen molar-refractivity contribution in [2.24, 2.45) is 0 Å². The predicted octanol–water partition coefficient (Wildman–Crippen LogP) is 1.87. The molecule has 0 saturated carbocycles. The summed E-state index contributed by atoms with van der Waals surface area (Å²) in [6.45, 7) is 0.521. The summed E-state index contributed by atoms with van der Waals surface area (Å²) in [4.78, 5) is -0.0523. The SMILES string of the molecule is O=S(=O)(NC1(CO)CCOCC1)c1cc(Cl)sc1Cl. The van der Waals surface area contributed by atoms with Crippen LogP contribution in [0.4, 0.5) is 0 Å². The maximum atomic E-state index is 12.3. The molecule has 5 nitrogen and oxygen atoms in total. The number of ether oxygens (including phenoxy) is 1. The number of aliphatic hydroxyl groups excluding tert-OH is 1. The number of halogens is 2. The van der Waals surface area contributed by atoms with Gasteiger partial charge < -0.3 is 9.84 Å². The van der Waals surface area contributed by atoms with Crippen molar-refractivity contribution in [2.45, 2.75) is 23.3 Å². The van der Waals surface area contributed by atoms with Gasteiger partial charge in [-0.3, -0.25) is 0 Å². The fourth-order valence-corrected chi connectivity index (χ4v) is 5.50. The first-order chi connectivity index (χ1) is 8.88. The van der Waals surface area contributed by atoms with Crippen molar-refractivity contribution in [3.8, 4) is 0 Å². The molecule has 1 fully saturated rings. The molecule has 2 N–H and O–H groups in total. The molecule has 1 aromatic heterocycles. The Morgan fingerprint density at radius 2 is 2.05 bits per heavy atom. The lowest BCUT2D eigenvalue weighted by Crippen LogP contribution is -2.54. The summed E-state index contributed by atoms with van der Waals surface area (Å²) < 4.78 is 32.7. The molecule has 1 saturated heterocycles. The second kappa shape index (κ2) is 5.85. The van der Waals surface area contributed by atoms with Crippen LogP contribution in [0.1, 0.15) is 12.8 Å². The van der Waals surface area contributed by atoms with Gasteiger partial charge in [-0.05, 0) is 18.9 Å². The number of thiophene rings is 1. The third-order valence-electron chi connectivity index (χ3n) is 3.02. The van der Waals surface area contributed by atoms with Gasteiger partial charge in [0.05, 0.1) is 16.5 Å². The Balaban J connectivity index is 2.27. The molecule has 108 valence electrons. The van der Waals surface area contributed by atoms with Gasteiger partial charge in [-0.1, -0.05) is 23.2 Å². The van der Waals surface area contributed by atoms with Crippen LogP contribution in [0.3, 0.4) is 0 Å². The Labute approximate surface area is 125 Å². The van der Waals surface area contributed by atoms with E-state index in [0.717, 1.165) is 11.3 Å². The first-order valence-electron chi connectivity index (χ1n) is 5.56. The van der Waals surface area contributed by atoms with Gasteiger partial charge in [0.2, 0.25) is 10.0 Å². The first kappa shape index (κ1) is 15.5. The molecule has 1 aliphatic rings. The first-order valence-corrected chi connectivity index (χ1v) is 8.61. The summed E-state index contributed by atoms with van der Waals surface area (Å²) in [6, 6.07) is 1.31. The van der Waals surface area contributed by atoms with Crippen LogP contribution in [0, 0.1) is 0 Å². The zero-order chi connectivity index (χ0) is 14.1. The predicted molar refractivity (Wildman–Crippen MR) is 74.5 cm³/mol. The number of aliphatic hydroxyl groups is 1. The zero-order valence-corrected chi connectivity index (χ0v) is 13.0. The summed E-state index contributed by atoms with van der Waals surface area (Å²) >= 11 is 12.6. The van der Waals surface area contributed by atoms with Crippen LogP contribution in [0.2, 0.25) is 8.67 Å². The van der Waals surface area contributed by atoms with E-state index in [2.05, 4.69) is 4.72 Å². The smallest absolute Gasteiger partial charge is 0.243 e. The molecule has 2 heterocycles. The zero-order valence-electron chi connectivity index (χ0n) is 9.86. The second-order valence-corrected chi connectivity index (χ2v) is 8.28. The highest BCUT2D eigenvalue weighted by molar-refractivity contribution is 7.89. The van der Waals surface area contributed by atoms with Crippen LogP contribution >= 0.6 is 34.5 Å². The summed E-state index contributed by atoms with van der Waals surface area (Å²) in [6.07, 6.45) is 0.830. The van der Waals surface area contributed by atoms with Gasteiger partial charge in [-0.2, -0.15) is 0 Å². The van der Waals surface area contributed by atoms with E-state index < -0.39 is 15.6 Å². The molecule has 1 aliphatic heterocycles. The molecule has 2 rings (SSSR count). The van der Waals surface area contributed by atoms with Gasteiger partial charge in [-0.25, -0.2) is 13.1 Å². The molecule has 0 radical (unpaired) electrons. The van der Waals surface area contributed by atoms with Gasteiger partial charge in [0, 0.05) is 13.2 Å². The van der Waals surface area contributed by atoms with Crippen molar-refractivity contribution in [2.75, 3.05) is 19.8 Å². The molecule has 0 aliphatic carbocycles. The average Bonchev–Trinajstić information content (AvgIpc) is 2.70. The lowest BCUT2D eigenvalue weighted by Gasteiger charge is -2.35. The highest BCUT2D eigenvalue weighted by Crippen LogP contribution is 2.35. The summed E-state index contributed by atoms with van der Waals surface area (Å²) in [5.41, 5.74) is -0.894. The van der Waals surface area contributed by atoms with Gasteiger partial charge in [-0.15, -0.1) is 11.3 Å². The lowest BCUT2D eigenvalue weighted by molar-refractivity contribution is 0.0223. The topological polar surface area (TPSA) is 75.6 Å². The molecule has 0 aromatic carbocycles. The molecule has 0 spiro atoms. The Bertz CT molecular complexity index is 552. The molecule has 19 heavy (non-hydrogen) atoms. The van der Waals surface area contributed by atoms with Crippen molar-refractivity contribution in [1.29, 1.82) is 0 Å². The quantitative estimate of drug-likeness (QED) is 0.873. The lowest BCUT2D eigenvalue weighted by atomic mass is 9.93. The Kier molecular flexibility index (Phi) is 4.77. The highest BCUT2D eigenvalue weighted by Gasteiger charge is 2.37. The van der Waals surface area contributed by atoms with E-state index in [1.54, 1.807) is 0 Å². The van der Waals surface area contributed by atoms with Gasteiger partial charge >= 0.3 is 0 Å². The largest absolute Gasteiger partial charge is 0.394 e. The third kappa shape index (κ3) is 3.41. The molecule has 0 amide bonds. The minimum absolute atomic E-state index is 0.0523. The number of nitrogens with one attached hydrogen (secondary N) is 1. The number of hydrogen-bond donors (Lipinski definition) is 2. The maximum absolute atomic E-state index is 12.3. The van der Waals surface area contributed by atoms with E-state index in [1.165, 1.54) is 6.07 Å². The minimum Gasteiger partial charge on any atom is -0.394 e. The van der Waals surface area contributed by atoms with E-state index in [1.807, 2.05) is 0 Å². The van der Waals surface area contributed by atoms with Crippen LogP contribution in [0.25, 0.3) is 0 Å². The summed E-state index contributed by atoms with van der Waals surface area (Å²) in [7, 11) is -3.81. The normalized spacial score (nSPS) is 19.5. The van der Waals surface area contributed by atoms with E-state index >= 15 is 0 Å². The fraction of sp³-hybridized carbons (Fsp3) is 0.600. The molecule has 9 heteroatoms. The van der Waals surface area contributed by atoms with Crippen molar-refractivity contribution < 1.29 is 18.3 Å². The number of hydrogen-bond acceptors (Lipinski definition) is 5. The van der Waals surface area contributed by atoms with Crippen LogP contribution in [0.5, 0.6) is 0 Å². The maximum Gasteiger partial charge on any atom is 0.243 e. The third-order valence-corrected chi connectivity index (χ3v) is 6.35. The van der Waals surface area contributed by atoms with Gasteiger partial charge in [0.1, 0.15) is 9.23 Å². The van der Waals surface area contributed by atoms with E-state index in [9.17, 15) is 13.5 Å². The van der Waals surface area contributed by atoms with Crippen LogP contribution < -0.4 is 4.72 Å². The Morgan fingerprint density at radius 1 is 1.42 bits per heavy atom. The molecule has 1 aromatic rings. The molecule has 0 bridgehead atoms. The van der Waals surface area contributed by atoms with E-state index in [0.29, 0.717) is 30.4 Å². The molecule has 0 unspecified atom stereocenters. The Hall–Kier alpha value is 0.110. The standard InChI is InChI=1S/C10H13Cl2NO4S2/c11-8-5-7(9(12)18-8)19(15,16)13-10(6-14)1-3-17-4-2-10/h5,13-14H,1-4,6H2. The minimum atomic E-state index is -3.81. The van der Waals surface area contributed by atoms with E-state index in [-0.39, 0.29) is 15.8 Å². The molecular formula is C10H13Cl2NO4S2. The monoisotopic (exact) mass is 345 g/mol. The molecule has 0 atom stereocenters. The molecular weight excluding hydrogens is 333 g/mol. The number of sulfonamides is 1. The van der Waals surface area contributed by atoms with Crippen molar-refractivity contribution in [3.05, 3.63) is 14.7 Å². The number of rotatable bonds is 4. The van der Waals surface area contributed by atoms with E-state index in [4.69, 9.17) is 27.9 Å². The second-order valence-electron chi connectivity index (χ2n) is 4.34. The van der Waals surface area contributed by atoms with Crippen molar-refractivity contribution in [3.63, 3.8) is 0 Å². The van der Waals surface area contributed by atoms with Gasteiger partial charge in [0.15, 0.2) is 0 Å². The van der Waals surface area contributed by atoms with Gasteiger partial charge in [0.25, 0.3) is 0 Å². The summed E-state index contributed by atoms with van der Waals surface area (Å²) in [5.74, 6) is 0. The summed E-state index contributed by atoms with van der Waals surface area (Å²) in [5, 5.41) is 9.49. The van der Waals surface area contributed by atoms with Crippen LogP contribution in [-0.2, 0) is 14.8 Å². The Morgan fingerprint density at radius 3 is 2.53 bits per heavy atom. The van der Waals surface area contributed by atoms with Crippen molar-refractivity contribution >= 4 is 44.6 Å². The highest BCUT2D eigenvalue weighted by atomic mass is 35.5. The van der Waals surface area contributed by atoms with Crippen LogP contribution in [0.15, 0.2) is 11.0 Å². The average molecular weight is 346 g/mol.